The van der Waals surface area contributed by atoms with Gasteiger partial charge in [0.2, 0.25) is 0 Å². The summed E-state index contributed by atoms with van der Waals surface area (Å²) in [6.45, 7) is 0. The summed E-state index contributed by atoms with van der Waals surface area (Å²) >= 11 is 7.27. The Bertz CT molecular complexity index is 1210. The van der Waals surface area contributed by atoms with Crippen LogP contribution in [0.5, 0.6) is 11.5 Å². The van der Waals surface area contributed by atoms with Crippen LogP contribution in [-0.2, 0) is 5.41 Å². The summed E-state index contributed by atoms with van der Waals surface area (Å²) in [5.41, 5.74) is 5.81. The average Bonchev–Trinajstić information content (AvgIpc) is 2.88. The normalized spacial score (nSPS) is 15.2. The third-order valence-corrected chi connectivity index (χ3v) is 8.32. The zero-order chi connectivity index (χ0) is 23.7. The zero-order valence-corrected chi connectivity index (χ0v) is 21.9. The van der Waals surface area contributed by atoms with Gasteiger partial charge in [-0.2, -0.15) is 0 Å². The topological polar surface area (TPSA) is 40.5 Å². The molecule has 1 saturated carbocycles. The van der Waals surface area contributed by atoms with E-state index in [0.29, 0.717) is 8.95 Å². The summed E-state index contributed by atoms with van der Waals surface area (Å²) in [7, 11) is 0. The van der Waals surface area contributed by atoms with Crippen molar-refractivity contribution in [3.63, 3.8) is 0 Å². The highest BCUT2D eigenvalue weighted by molar-refractivity contribution is 9.11. The fourth-order valence-electron chi connectivity index (χ4n) is 5.33. The summed E-state index contributed by atoms with van der Waals surface area (Å²) in [6, 6.07) is 28.6. The Morgan fingerprint density at radius 2 is 0.971 bits per heavy atom. The van der Waals surface area contributed by atoms with E-state index in [4.69, 9.17) is 0 Å². The van der Waals surface area contributed by atoms with Crippen LogP contribution in [0.3, 0.4) is 0 Å². The predicted molar refractivity (Wildman–Crippen MR) is 146 cm³/mol. The molecule has 1 fully saturated rings. The first-order chi connectivity index (χ1) is 16.5. The maximum Gasteiger partial charge on any atom is 0.137 e. The lowest BCUT2D eigenvalue weighted by Gasteiger charge is -2.39. The van der Waals surface area contributed by atoms with E-state index in [0.717, 1.165) is 47.9 Å². The van der Waals surface area contributed by atoms with Crippen LogP contribution < -0.4 is 0 Å². The Morgan fingerprint density at radius 3 is 1.38 bits per heavy atom. The van der Waals surface area contributed by atoms with Crippen LogP contribution in [0.4, 0.5) is 0 Å². The van der Waals surface area contributed by atoms with Gasteiger partial charge in [-0.3, -0.25) is 0 Å². The molecule has 0 radical (unpaired) electrons. The molecule has 4 aromatic carbocycles. The summed E-state index contributed by atoms with van der Waals surface area (Å²) in [5, 5.41) is 21.8. The molecule has 0 spiro atoms. The number of aromatic hydroxyl groups is 2. The van der Waals surface area contributed by atoms with Crippen molar-refractivity contribution in [3.05, 3.63) is 105 Å². The number of hydrogen-bond donors (Lipinski definition) is 2. The first-order valence-corrected chi connectivity index (χ1v) is 13.2. The second-order valence-electron chi connectivity index (χ2n) is 9.08. The molecule has 0 aromatic heterocycles. The third kappa shape index (κ3) is 4.18. The van der Waals surface area contributed by atoms with E-state index in [1.807, 2.05) is 60.7 Å². The lowest BCUT2D eigenvalue weighted by molar-refractivity contribution is 0.345. The van der Waals surface area contributed by atoms with Gasteiger partial charge in [-0.15, -0.1) is 0 Å². The van der Waals surface area contributed by atoms with Gasteiger partial charge in [0.25, 0.3) is 0 Å². The van der Waals surface area contributed by atoms with Crippen LogP contribution >= 0.6 is 31.9 Å². The van der Waals surface area contributed by atoms with Gasteiger partial charge < -0.3 is 10.2 Å². The van der Waals surface area contributed by atoms with Gasteiger partial charge in [-0.25, -0.2) is 0 Å². The summed E-state index contributed by atoms with van der Waals surface area (Å²) in [4.78, 5) is 0. The molecule has 4 heteroatoms. The molecule has 1 aliphatic rings. The van der Waals surface area contributed by atoms with E-state index < -0.39 is 0 Å². The van der Waals surface area contributed by atoms with Crippen molar-refractivity contribution in [1.82, 2.24) is 0 Å². The summed E-state index contributed by atoms with van der Waals surface area (Å²) in [5.74, 6) is 0.524. The fraction of sp³-hybridized carbons (Fsp3) is 0.200. The number of halogens is 2. The smallest absolute Gasteiger partial charge is 0.137 e. The van der Waals surface area contributed by atoms with Crippen molar-refractivity contribution in [1.29, 1.82) is 0 Å². The lowest BCUT2D eigenvalue weighted by atomic mass is 9.64. The Kier molecular flexibility index (Phi) is 6.54. The second-order valence-corrected chi connectivity index (χ2v) is 10.8. The lowest BCUT2D eigenvalue weighted by Crippen LogP contribution is -2.30. The minimum Gasteiger partial charge on any atom is -0.506 e. The highest BCUT2D eigenvalue weighted by atomic mass is 79.9. The SMILES string of the molecule is Oc1c(Br)cc(C2(c3cc(Br)c(O)c(-c4ccccc4)c3)CCCCC2)cc1-c1ccccc1. The van der Waals surface area contributed by atoms with Crippen LogP contribution in [0.2, 0.25) is 0 Å². The van der Waals surface area contributed by atoms with E-state index >= 15 is 0 Å². The van der Waals surface area contributed by atoms with E-state index in [1.54, 1.807) is 0 Å². The molecule has 4 aromatic rings. The van der Waals surface area contributed by atoms with E-state index in [2.05, 4.69) is 56.1 Å². The van der Waals surface area contributed by atoms with E-state index in [-0.39, 0.29) is 16.9 Å². The molecule has 0 heterocycles. The van der Waals surface area contributed by atoms with Crippen molar-refractivity contribution in [2.45, 2.75) is 37.5 Å². The number of rotatable bonds is 4. The molecular weight excluding hydrogens is 552 g/mol. The molecule has 2 nitrogen and oxygen atoms in total. The molecular formula is C30H26Br2O2. The first kappa shape index (κ1) is 23.2. The van der Waals surface area contributed by atoms with Crippen molar-refractivity contribution in [3.8, 4) is 33.8 Å². The molecule has 0 unspecified atom stereocenters. The number of benzene rings is 4. The van der Waals surface area contributed by atoms with E-state index in [9.17, 15) is 10.2 Å². The van der Waals surface area contributed by atoms with Crippen LogP contribution in [0.1, 0.15) is 43.2 Å². The highest BCUT2D eigenvalue weighted by Crippen LogP contribution is 2.51. The first-order valence-electron chi connectivity index (χ1n) is 11.7. The minimum absolute atomic E-state index is 0.211. The molecule has 0 atom stereocenters. The summed E-state index contributed by atoms with van der Waals surface area (Å²) in [6.07, 6.45) is 5.53. The minimum atomic E-state index is -0.211. The molecule has 0 amide bonds. The van der Waals surface area contributed by atoms with Crippen LogP contribution in [0.25, 0.3) is 22.3 Å². The Hall–Kier alpha value is -2.56. The number of phenols is 2. The van der Waals surface area contributed by atoms with Crippen molar-refractivity contribution in [2.24, 2.45) is 0 Å². The Morgan fingerprint density at radius 1 is 0.559 bits per heavy atom. The molecule has 0 bridgehead atoms. The second kappa shape index (κ2) is 9.59. The third-order valence-electron chi connectivity index (χ3n) is 7.11. The van der Waals surface area contributed by atoms with Gasteiger partial charge in [0.05, 0.1) is 8.95 Å². The van der Waals surface area contributed by atoms with Gasteiger partial charge in [-0.05, 0) is 91.2 Å². The quantitative estimate of drug-likeness (QED) is 0.254. The van der Waals surface area contributed by atoms with E-state index in [1.165, 1.54) is 17.5 Å². The number of hydrogen-bond acceptors (Lipinski definition) is 2. The molecule has 1 aliphatic carbocycles. The average molecular weight is 578 g/mol. The molecule has 34 heavy (non-hydrogen) atoms. The molecule has 0 saturated heterocycles. The van der Waals surface area contributed by atoms with Gasteiger partial charge in [-0.1, -0.05) is 79.9 Å². The van der Waals surface area contributed by atoms with Gasteiger partial charge in [0, 0.05) is 16.5 Å². The zero-order valence-electron chi connectivity index (χ0n) is 18.8. The largest absolute Gasteiger partial charge is 0.506 e. The molecule has 0 aliphatic heterocycles. The maximum atomic E-state index is 10.9. The van der Waals surface area contributed by atoms with Gasteiger partial charge >= 0.3 is 0 Å². The fourth-order valence-corrected chi connectivity index (χ4v) is 6.25. The summed E-state index contributed by atoms with van der Waals surface area (Å²) < 4.78 is 1.41. The van der Waals surface area contributed by atoms with Gasteiger partial charge in [0.15, 0.2) is 0 Å². The van der Waals surface area contributed by atoms with Crippen LogP contribution in [-0.4, -0.2) is 10.2 Å². The Balaban J connectivity index is 1.73. The Labute approximate surface area is 217 Å². The molecule has 5 rings (SSSR count). The molecule has 172 valence electrons. The van der Waals surface area contributed by atoms with Crippen molar-refractivity contribution < 1.29 is 10.2 Å². The number of phenolic OH excluding ortho intramolecular Hbond substituents is 2. The standard InChI is InChI=1S/C30H26Br2O2/c31-26-18-22(16-24(28(26)33)20-10-4-1-5-11-20)30(14-8-3-9-15-30)23-17-25(29(34)27(32)19-23)21-12-6-2-7-13-21/h1-2,4-7,10-13,16-19,33-34H,3,8-9,14-15H2. The predicted octanol–water partition coefficient (Wildman–Crippen LogP) is 9.21. The highest BCUT2D eigenvalue weighted by Gasteiger charge is 2.37. The van der Waals surface area contributed by atoms with Crippen LogP contribution in [0, 0.1) is 0 Å². The van der Waals surface area contributed by atoms with Crippen LogP contribution in [0.15, 0.2) is 93.9 Å². The van der Waals surface area contributed by atoms with Crippen molar-refractivity contribution >= 4 is 31.9 Å². The van der Waals surface area contributed by atoms with Gasteiger partial charge in [0.1, 0.15) is 11.5 Å². The van der Waals surface area contributed by atoms with Crippen molar-refractivity contribution in [2.75, 3.05) is 0 Å². The molecule has 2 N–H and O–H groups in total. The maximum absolute atomic E-state index is 10.9. The monoisotopic (exact) mass is 576 g/mol.